The van der Waals surface area contributed by atoms with E-state index in [0.717, 1.165) is 11.3 Å². The molecule has 27 heavy (non-hydrogen) atoms. The highest BCUT2D eigenvalue weighted by atomic mass is 14.7. The highest BCUT2D eigenvalue weighted by molar-refractivity contribution is 6.13. The maximum absolute atomic E-state index is 4.54. The predicted octanol–water partition coefficient (Wildman–Crippen LogP) is 7.03. The molecule has 0 N–H and O–H groups in total. The van der Waals surface area contributed by atoms with Gasteiger partial charge in [0.15, 0.2) is 0 Å². The summed E-state index contributed by atoms with van der Waals surface area (Å²) in [6, 6.07) is 32.5. The second-order valence-electron chi connectivity index (χ2n) is 6.99. The van der Waals surface area contributed by atoms with Crippen molar-refractivity contribution in [1.29, 1.82) is 0 Å². The minimum absolute atomic E-state index is 1.01. The Balaban J connectivity index is 1.67. The highest BCUT2D eigenvalue weighted by Crippen LogP contribution is 2.35. The molecule has 5 aromatic rings. The van der Waals surface area contributed by atoms with Crippen LogP contribution in [0.15, 0.2) is 97.2 Å². The van der Waals surface area contributed by atoms with E-state index in [2.05, 4.69) is 103 Å². The van der Waals surface area contributed by atoms with Crippen LogP contribution < -0.4 is 0 Å². The SMILES string of the molecule is Cc1ccc(-c2ccc(-c3cc4ccccc4c4ccccc34)cc2)nc1. The highest BCUT2D eigenvalue weighted by Gasteiger charge is 2.08. The lowest BCUT2D eigenvalue weighted by molar-refractivity contribution is 1.27. The summed E-state index contributed by atoms with van der Waals surface area (Å²) in [6.45, 7) is 2.06. The summed E-state index contributed by atoms with van der Waals surface area (Å²) in [7, 11) is 0. The molecule has 0 saturated carbocycles. The number of hydrogen-bond donors (Lipinski definition) is 0. The largest absolute Gasteiger partial charge is 0.256 e. The van der Waals surface area contributed by atoms with Gasteiger partial charge in [0.25, 0.3) is 0 Å². The molecule has 0 bridgehead atoms. The molecule has 1 aromatic heterocycles. The van der Waals surface area contributed by atoms with Crippen molar-refractivity contribution in [2.75, 3.05) is 0 Å². The fourth-order valence-corrected chi connectivity index (χ4v) is 3.75. The average molecular weight is 345 g/mol. The van der Waals surface area contributed by atoms with Gasteiger partial charge in [-0.05, 0) is 57.3 Å². The molecule has 1 heterocycles. The van der Waals surface area contributed by atoms with Crippen LogP contribution in [0.1, 0.15) is 5.56 Å². The van der Waals surface area contributed by atoms with Crippen LogP contribution in [0.5, 0.6) is 0 Å². The number of fused-ring (bicyclic) bond motifs is 3. The molecule has 0 aliphatic carbocycles. The second kappa shape index (κ2) is 6.37. The number of aryl methyl sites for hydroxylation is 1. The van der Waals surface area contributed by atoms with Crippen LogP contribution in [0.4, 0.5) is 0 Å². The quantitative estimate of drug-likeness (QED) is 0.313. The van der Waals surface area contributed by atoms with Gasteiger partial charge >= 0.3 is 0 Å². The Labute approximate surface area is 158 Å². The molecule has 0 fully saturated rings. The van der Waals surface area contributed by atoms with Gasteiger partial charge in [-0.25, -0.2) is 0 Å². The maximum atomic E-state index is 4.54. The van der Waals surface area contributed by atoms with E-state index in [-0.39, 0.29) is 0 Å². The first kappa shape index (κ1) is 15.8. The number of pyridine rings is 1. The first-order valence-electron chi connectivity index (χ1n) is 9.23. The third kappa shape index (κ3) is 2.78. The van der Waals surface area contributed by atoms with Gasteiger partial charge in [0.1, 0.15) is 0 Å². The van der Waals surface area contributed by atoms with Gasteiger partial charge in [0.2, 0.25) is 0 Å². The Bertz CT molecular complexity index is 1250. The molecule has 128 valence electrons. The van der Waals surface area contributed by atoms with Crippen molar-refractivity contribution in [3.63, 3.8) is 0 Å². The normalized spacial score (nSPS) is 11.1. The van der Waals surface area contributed by atoms with E-state index in [1.807, 2.05) is 6.20 Å². The molecular formula is C26H19N. The minimum atomic E-state index is 1.01. The molecule has 0 aliphatic rings. The smallest absolute Gasteiger partial charge is 0.0702 e. The number of nitrogens with zero attached hydrogens (tertiary/aromatic N) is 1. The Hall–Kier alpha value is -3.45. The van der Waals surface area contributed by atoms with E-state index in [1.54, 1.807) is 0 Å². The second-order valence-corrected chi connectivity index (χ2v) is 6.99. The van der Waals surface area contributed by atoms with E-state index in [1.165, 1.54) is 38.2 Å². The van der Waals surface area contributed by atoms with Crippen molar-refractivity contribution < 1.29 is 0 Å². The Kier molecular flexibility index (Phi) is 3.72. The van der Waals surface area contributed by atoms with Crippen molar-refractivity contribution in [3.8, 4) is 22.4 Å². The van der Waals surface area contributed by atoms with Gasteiger partial charge in [-0.2, -0.15) is 0 Å². The van der Waals surface area contributed by atoms with E-state index in [4.69, 9.17) is 0 Å². The first-order valence-corrected chi connectivity index (χ1v) is 9.23. The lowest BCUT2D eigenvalue weighted by atomic mass is 9.93. The third-order valence-electron chi connectivity index (χ3n) is 5.17. The molecule has 0 unspecified atom stereocenters. The average Bonchev–Trinajstić information content (AvgIpc) is 2.74. The zero-order valence-corrected chi connectivity index (χ0v) is 15.2. The van der Waals surface area contributed by atoms with Crippen LogP contribution in [0.25, 0.3) is 43.9 Å². The zero-order chi connectivity index (χ0) is 18.2. The van der Waals surface area contributed by atoms with Crippen molar-refractivity contribution in [1.82, 2.24) is 4.98 Å². The molecule has 1 nitrogen and oxygen atoms in total. The van der Waals surface area contributed by atoms with Crippen molar-refractivity contribution in [3.05, 3.63) is 103 Å². The van der Waals surface area contributed by atoms with Crippen LogP contribution in [-0.4, -0.2) is 4.98 Å². The summed E-state index contributed by atoms with van der Waals surface area (Å²) in [4.78, 5) is 4.54. The molecule has 0 amide bonds. The van der Waals surface area contributed by atoms with Gasteiger partial charge < -0.3 is 0 Å². The van der Waals surface area contributed by atoms with Crippen LogP contribution in [0.3, 0.4) is 0 Å². The van der Waals surface area contributed by atoms with Crippen molar-refractivity contribution in [2.24, 2.45) is 0 Å². The van der Waals surface area contributed by atoms with Crippen LogP contribution in [0, 0.1) is 6.92 Å². The third-order valence-corrected chi connectivity index (χ3v) is 5.17. The van der Waals surface area contributed by atoms with E-state index in [9.17, 15) is 0 Å². The summed E-state index contributed by atoms with van der Waals surface area (Å²) >= 11 is 0. The molecule has 5 rings (SSSR count). The molecule has 0 saturated heterocycles. The molecular weight excluding hydrogens is 326 g/mol. The molecule has 0 atom stereocenters. The lowest BCUT2D eigenvalue weighted by Crippen LogP contribution is -1.86. The lowest BCUT2D eigenvalue weighted by Gasteiger charge is -2.11. The van der Waals surface area contributed by atoms with Gasteiger partial charge in [0, 0.05) is 11.8 Å². The Morgan fingerprint density at radius 1 is 0.593 bits per heavy atom. The summed E-state index contributed by atoms with van der Waals surface area (Å²) in [5.41, 5.74) is 5.83. The molecule has 4 aromatic carbocycles. The fourth-order valence-electron chi connectivity index (χ4n) is 3.75. The summed E-state index contributed by atoms with van der Waals surface area (Å²) < 4.78 is 0. The first-order chi connectivity index (χ1) is 13.3. The summed E-state index contributed by atoms with van der Waals surface area (Å²) in [6.07, 6.45) is 1.92. The maximum Gasteiger partial charge on any atom is 0.0702 e. The van der Waals surface area contributed by atoms with Gasteiger partial charge in [-0.15, -0.1) is 0 Å². The minimum Gasteiger partial charge on any atom is -0.256 e. The predicted molar refractivity (Wildman–Crippen MR) is 115 cm³/mol. The van der Waals surface area contributed by atoms with E-state index < -0.39 is 0 Å². The van der Waals surface area contributed by atoms with E-state index in [0.29, 0.717) is 0 Å². The summed E-state index contributed by atoms with van der Waals surface area (Å²) in [5.74, 6) is 0. The topological polar surface area (TPSA) is 12.9 Å². The fraction of sp³-hybridized carbons (Fsp3) is 0.0385. The van der Waals surface area contributed by atoms with Crippen LogP contribution in [0.2, 0.25) is 0 Å². The molecule has 1 heteroatoms. The van der Waals surface area contributed by atoms with Crippen molar-refractivity contribution in [2.45, 2.75) is 6.92 Å². The standard InChI is InChI=1S/C26H19N/c1-18-10-15-26(27-17-18)20-13-11-19(12-14-20)25-16-21-6-2-3-7-22(21)23-8-4-5-9-24(23)25/h2-17H,1H3. The molecule has 0 spiro atoms. The monoisotopic (exact) mass is 345 g/mol. The molecule has 0 aliphatic heterocycles. The Morgan fingerprint density at radius 3 is 2.00 bits per heavy atom. The van der Waals surface area contributed by atoms with Gasteiger partial charge in [-0.3, -0.25) is 4.98 Å². The van der Waals surface area contributed by atoms with Crippen LogP contribution >= 0.6 is 0 Å². The number of benzene rings is 4. The van der Waals surface area contributed by atoms with Gasteiger partial charge in [0.05, 0.1) is 5.69 Å². The molecule has 0 radical (unpaired) electrons. The Morgan fingerprint density at radius 2 is 1.26 bits per heavy atom. The number of hydrogen-bond acceptors (Lipinski definition) is 1. The number of rotatable bonds is 2. The number of aromatic nitrogens is 1. The van der Waals surface area contributed by atoms with Crippen LogP contribution in [-0.2, 0) is 0 Å². The van der Waals surface area contributed by atoms with E-state index >= 15 is 0 Å². The zero-order valence-electron chi connectivity index (χ0n) is 15.2. The summed E-state index contributed by atoms with van der Waals surface area (Å²) in [5, 5.41) is 5.17. The van der Waals surface area contributed by atoms with Crippen molar-refractivity contribution >= 4 is 21.5 Å². The van der Waals surface area contributed by atoms with Gasteiger partial charge in [-0.1, -0.05) is 78.9 Å².